The SMILES string of the molecule is CCCNC(C)c1ccc(OC(CC)C(=O)O)c(C)c1. The van der Waals surface area contributed by atoms with Gasteiger partial charge in [-0.25, -0.2) is 4.79 Å². The molecule has 0 bridgehead atoms. The maximum Gasteiger partial charge on any atom is 0.344 e. The summed E-state index contributed by atoms with van der Waals surface area (Å²) >= 11 is 0. The average molecular weight is 279 g/mol. The zero-order valence-corrected chi connectivity index (χ0v) is 12.8. The maximum absolute atomic E-state index is 11.0. The van der Waals surface area contributed by atoms with E-state index in [1.807, 2.05) is 19.1 Å². The van der Waals surface area contributed by atoms with Crippen LogP contribution >= 0.6 is 0 Å². The van der Waals surface area contributed by atoms with E-state index >= 15 is 0 Å². The monoisotopic (exact) mass is 279 g/mol. The van der Waals surface area contributed by atoms with Gasteiger partial charge in [0, 0.05) is 6.04 Å². The number of carboxylic acids is 1. The number of carbonyl (C=O) groups is 1. The van der Waals surface area contributed by atoms with Crippen LogP contribution in [0.15, 0.2) is 18.2 Å². The number of aryl methyl sites for hydroxylation is 1. The number of rotatable bonds is 8. The molecule has 2 atom stereocenters. The molecule has 0 heterocycles. The normalized spacial score (nSPS) is 13.8. The lowest BCUT2D eigenvalue weighted by atomic mass is 10.0. The molecule has 4 heteroatoms. The Morgan fingerprint density at radius 2 is 2.10 bits per heavy atom. The minimum absolute atomic E-state index is 0.282. The summed E-state index contributed by atoms with van der Waals surface area (Å²) < 4.78 is 5.55. The average Bonchev–Trinajstić information content (AvgIpc) is 2.42. The Kier molecular flexibility index (Phi) is 6.52. The highest BCUT2D eigenvalue weighted by molar-refractivity contribution is 5.72. The van der Waals surface area contributed by atoms with Gasteiger partial charge in [-0.05, 0) is 50.4 Å². The smallest absolute Gasteiger partial charge is 0.344 e. The van der Waals surface area contributed by atoms with E-state index in [4.69, 9.17) is 9.84 Å². The van der Waals surface area contributed by atoms with Crippen LogP contribution in [0.5, 0.6) is 5.75 Å². The van der Waals surface area contributed by atoms with Gasteiger partial charge < -0.3 is 15.2 Å². The number of aliphatic carboxylic acids is 1. The lowest BCUT2D eigenvalue weighted by molar-refractivity contribution is -0.145. The molecule has 1 aromatic rings. The molecule has 1 rings (SSSR count). The van der Waals surface area contributed by atoms with Crippen LogP contribution in [0.1, 0.15) is 50.8 Å². The first-order chi connectivity index (χ1) is 9.49. The van der Waals surface area contributed by atoms with Gasteiger partial charge in [0.15, 0.2) is 6.10 Å². The van der Waals surface area contributed by atoms with E-state index in [2.05, 4.69) is 25.2 Å². The van der Waals surface area contributed by atoms with Crippen molar-refractivity contribution in [1.29, 1.82) is 0 Å². The molecular weight excluding hydrogens is 254 g/mol. The highest BCUT2D eigenvalue weighted by Gasteiger charge is 2.18. The molecule has 20 heavy (non-hydrogen) atoms. The molecule has 0 saturated heterocycles. The molecule has 2 N–H and O–H groups in total. The standard InChI is InChI=1S/C16H25NO3/c1-5-9-17-12(4)13-7-8-15(11(3)10-13)20-14(6-2)16(18)19/h7-8,10,12,14,17H,5-6,9H2,1-4H3,(H,18,19). The third-order valence-electron chi connectivity index (χ3n) is 3.31. The van der Waals surface area contributed by atoms with Crippen LogP contribution in [0.4, 0.5) is 0 Å². The van der Waals surface area contributed by atoms with Crippen molar-refractivity contribution in [3.8, 4) is 5.75 Å². The second-order valence-corrected chi connectivity index (χ2v) is 5.05. The predicted octanol–water partition coefficient (Wildman–Crippen LogP) is 3.30. The van der Waals surface area contributed by atoms with Crippen molar-refractivity contribution in [2.24, 2.45) is 0 Å². The molecule has 4 nitrogen and oxygen atoms in total. The van der Waals surface area contributed by atoms with E-state index < -0.39 is 12.1 Å². The minimum Gasteiger partial charge on any atom is -0.479 e. The van der Waals surface area contributed by atoms with Crippen LogP contribution in [-0.4, -0.2) is 23.7 Å². The molecule has 0 spiro atoms. The molecule has 0 aliphatic heterocycles. The minimum atomic E-state index is -0.922. The van der Waals surface area contributed by atoms with E-state index in [1.165, 1.54) is 5.56 Å². The summed E-state index contributed by atoms with van der Waals surface area (Å²) in [7, 11) is 0. The van der Waals surface area contributed by atoms with E-state index in [0.717, 1.165) is 18.5 Å². The van der Waals surface area contributed by atoms with Gasteiger partial charge in [-0.2, -0.15) is 0 Å². The van der Waals surface area contributed by atoms with E-state index in [1.54, 1.807) is 6.92 Å². The second kappa shape index (κ2) is 7.90. The first kappa shape index (κ1) is 16.5. The number of ether oxygens (including phenoxy) is 1. The number of benzene rings is 1. The van der Waals surface area contributed by atoms with Crippen molar-refractivity contribution in [3.05, 3.63) is 29.3 Å². The van der Waals surface area contributed by atoms with Crippen LogP contribution in [0, 0.1) is 6.92 Å². The highest BCUT2D eigenvalue weighted by Crippen LogP contribution is 2.24. The van der Waals surface area contributed by atoms with E-state index in [0.29, 0.717) is 12.2 Å². The third kappa shape index (κ3) is 4.53. The number of hydrogen-bond acceptors (Lipinski definition) is 3. The molecular formula is C16H25NO3. The van der Waals surface area contributed by atoms with Crippen molar-refractivity contribution < 1.29 is 14.6 Å². The second-order valence-electron chi connectivity index (χ2n) is 5.05. The Hall–Kier alpha value is -1.55. The third-order valence-corrected chi connectivity index (χ3v) is 3.31. The molecule has 0 aromatic heterocycles. The fourth-order valence-electron chi connectivity index (χ4n) is 2.01. The fraction of sp³-hybridized carbons (Fsp3) is 0.562. The van der Waals surface area contributed by atoms with Gasteiger partial charge in [-0.15, -0.1) is 0 Å². The number of hydrogen-bond donors (Lipinski definition) is 2. The van der Waals surface area contributed by atoms with Gasteiger partial charge in [0.05, 0.1) is 0 Å². The largest absolute Gasteiger partial charge is 0.479 e. The Morgan fingerprint density at radius 3 is 2.60 bits per heavy atom. The van der Waals surface area contributed by atoms with Crippen molar-refractivity contribution in [2.45, 2.75) is 52.7 Å². The highest BCUT2D eigenvalue weighted by atomic mass is 16.5. The molecule has 0 saturated carbocycles. The molecule has 0 aliphatic rings. The summed E-state index contributed by atoms with van der Waals surface area (Å²) in [6.07, 6.45) is 0.766. The maximum atomic E-state index is 11.0. The van der Waals surface area contributed by atoms with Crippen molar-refractivity contribution in [3.63, 3.8) is 0 Å². The Bertz CT molecular complexity index is 445. The molecule has 1 aromatic carbocycles. The summed E-state index contributed by atoms with van der Waals surface area (Å²) in [5.41, 5.74) is 2.15. The summed E-state index contributed by atoms with van der Waals surface area (Å²) in [6.45, 7) is 8.99. The number of carboxylic acid groups (broad SMARTS) is 1. The molecule has 0 radical (unpaired) electrons. The Balaban J connectivity index is 2.79. The van der Waals surface area contributed by atoms with Crippen LogP contribution in [-0.2, 0) is 4.79 Å². The number of nitrogens with one attached hydrogen (secondary N) is 1. The zero-order chi connectivity index (χ0) is 15.1. The van der Waals surface area contributed by atoms with Crippen LogP contribution in [0.3, 0.4) is 0 Å². The predicted molar refractivity (Wildman–Crippen MR) is 80.2 cm³/mol. The molecule has 0 aliphatic carbocycles. The van der Waals surface area contributed by atoms with E-state index in [-0.39, 0.29) is 6.04 Å². The van der Waals surface area contributed by atoms with Crippen LogP contribution in [0.25, 0.3) is 0 Å². The van der Waals surface area contributed by atoms with Crippen molar-refractivity contribution in [1.82, 2.24) is 5.32 Å². The fourth-order valence-corrected chi connectivity index (χ4v) is 2.01. The first-order valence-corrected chi connectivity index (χ1v) is 7.22. The quantitative estimate of drug-likeness (QED) is 0.766. The first-order valence-electron chi connectivity index (χ1n) is 7.22. The molecule has 0 fully saturated rings. The van der Waals surface area contributed by atoms with Crippen LogP contribution in [0.2, 0.25) is 0 Å². The summed E-state index contributed by atoms with van der Waals surface area (Å²) in [4.78, 5) is 11.0. The lowest BCUT2D eigenvalue weighted by Crippen LogP contribution is -2.26. The molecule has 2 unspecified atom stereocenters. The van der Waals surface area contributed by atoms with Gasteiger partial charge in [-0.3, -0.25) is 0 Å². The van der Waals surface area contributed by atoms with E-state index in [9.17, 15) is 4.79 Å². The summed E-state index contributed by atoms with van der Waals surface area (Å²) in [5.74, 6) is -0.278. The van der Waals surface area contributed by atoms with Gasteiger partial charge in [0.25, 0.3) is 0 Å². The molecule has 112 valence electrons. The molecule has 0 amide bonds. The van der Waals surface area contributed by atoms with Crippen LogP contribution < -0.4 is 10.1 Å². The van der Waals surface area contributed by atoms with Gasteiger partial charge in [-0.1, -0.05) is 26.0 Å². The van der Waals surface area contributed by atoms with Crippen molar-refractivity contribution >= 4 is 5.97 Å². The lowest BCUT2D eigenvalue weighted by Gasteiger charge is -2.18. The van der Waals surface area contributed by atoms with Crippen molar-refractivity contribution in [2.75, 3.05) is 6.54 Å². The topological polar surface area (TPSA) is 58.6 Å². The van der Waals surface area contributed by atoms with Gasteiger partial charge in [0.2, 0.25) is 0 Å². The Morgan fingerprint density at radius 1 is 1.40 bits per heavy atom. The summed E-state index contributed by atoms with van der Waals surface area (Å²) in [5, 5.41) is 12.5. The Labute approximate surface area is 121 Å². The summed E-state index contributed by atoms with van der Waals surface area (Å²) in [6, 6.07) is 6.19. The van der Waals surface area contributed by atoms with Gasteiger partial charge >= 0.3 is 5.97 Å². The van der Waals surface area contributed by atoms with Gasteiger partial charge in [0.1, 0.15) is 5.75 Å². The zero-order valence-electron chi connectivity index (χ0n) is 12.8.